The molecule has 1 atom stereocenters. The van der Waals surface area contributed by atoms with Crippen LogP contribution in [0.5, 0.6) is 5.75 Å². The zero-order valence-corrected chi connectivity index (χ0v) is 11.1. The average Bonchev–Trinajstić information content (AvgIpc) is 2.44. The highest BCUT2D eigenvalue weighted by Crippen LogP contribution is 2.10. The molecule has 108 valence electrons. The van der Waals surface area contributed by atoms with E-state index in [1.807, 2.05) is 30.3 Å². The molecule has 6 nitrogen and oxygen atoms in total. The van der Waals surface area contributed by atoms with E-state index >= 15 is 0 Å². The minimum absolute atomic E-state index is 0.127. The van der Waals surface area contributed by atoms with Crippen molar-refractivity contribution >= 4 is 11.9 Å². The Bertz CT molecular complexity index is 464. The maximum absolute atomic E-state index is 11.3. The van der Waals surface area contributed by atoms with E-state index in [0.29, 0.717) is 19.6 Å². The molecule has 1 heterocycles. The van der Waals surface area contributed by atoms with Gasteiger partial charge in [0.25, 0.3) is 0 Å². The Morgan fingerprint density at radius 3 is 2.85 bits per heavy atom. The van der Waals surface area contributed by atoms with Crippen molar-refractivity contribution in [2.24, 2.45) is 0 Å². The van der Waals surface area contributed by atoms with E-state index < -0.39 is 12.0 Å². The van der Waals surface area contributed by atoms with Crippen LogP contribution in [-0.2, 0) is 9.59 Å². The number of ether oxygens (including phenoxy) is 1. The van der Waals surface area contributed by atoms with E-state index in [-0.39, 0.29) is 19.0 Å². The lowest BCUT2D eigenvalue weighted by molar-refractivity contribution is -0.146. The monoisotopic (exact) mass is 278 g/mol. The molecular weight excluding hydrogens is 260 g/mol. The van der Waals surface area contributed by atoms with E-state index in [2.05, 4.69) is 5.32 Å². The van der Waals surface area contributed by atoms with Gasteiger partial charge in [0.05, 0.1) is 13.2 Å². The minimum atomic E-state index is -0.908. The van der Waals surface area contributed by atoms with Crippen LogP contribution in [0.2, 0.25) is 0 Å². The van der Waals surface area contributed by atoms with Gasteiger partial charge in [-0.05, 0) is 18.6 Å². The summed E-state index contributed by atoms with van der Waals surface area (Å²) in [4.78, 5) is 24.1. The SMILES string of the molecule is O=C1CN(CCCOc2ccccc2)C(C(=O)O)CN1. The van der Waals surface area contributed by atoms with Gasteiger partial charge in [-0.1, -0.05) is 18.2 Å². The highest BCUT2D eigenvalue weighted by Gasteiger charge is 2.31. The number of benzene rings is 1. The largest absolute Gasteiger partial charge is 0.494 e. The summed E-state index contributed by atoms with van der Waals surface area (Å²) < 4.78 is 5.54. The molecule has 1 unspecified atom stereocenters. The van der Waals surface area contributed by atoms with Gasteiger partial charge in [-0.15, -0.1) is 0 Å². The van der Waals surface area contributed by atoms with Crippen molar-refractivity contribution in [3.8, 4) is 5.75 Å². The molecular formula is C14H18N2O4. The van der Waals surface area contributed by atoms with Gasteiger partial charge in [0.1, 0.15) is 11.8 Å². The number of carbonyl (C=O) groups excluding carboxylic acids is 1. The van der Waals surface area contributed by atoms with Gasteiger partial charge in [-0.2, -0.15) is 0 Å². The van der Waals surface area contributed by atoms with Crippen molar-refractivity contribution in [1.82, 2.24) is 10.2 Å². The van der Waals surface area contributed by atoms with Gasteiger partial charge in [-0.3, -0.25) is 14.5 Å². The van der Waals surface area contributed by atoms with Gasteiger partial charge in [0.2, 0.25) is 5.91 Å². The number of carbonyl (C=O) groups is 2. The zero-order chi connectivity index (χ0) is 14.4. The number of rotatable bonds is 6. The average molecular weight is 278 g/mol. The lowest BCUT2D eigenvalue weighted by atomic mass is 10.2. The third kappa shape index (κ3) is 3.96. The third-order valence-electron chi connectivity index (χ3n) is 3.17. The molecule has 6 heteroatoms. The fourth-order valence-corrected chi connectivity index (χ4v) is 2.14. The lowest BCUT2D eigenvalue weighted by Crippen LogP contribution is -2.57. The molecule has 0 aromatic heterocycles. The Kier molecular flexibility index (Phi) is 4.95. The van der Waals surface area contributed by atoms with Gasteiger partial charge >= 0.3 is 5.97 Å². The third-order valence-corrected chi connectivity index (χ3v) is 3.17. The van der Waals surface area contributed by atoms with Crippen LogP contribution in [-0.4, -0.2) is 54.2 Å². The normalized spacial score (nSPS) is 19.4. The number of para-hydroxylation sites is 1. The molecule has 1 saturated heterocycles. The number of carboxylic acids is 1. The molecule has 0 aliphatic carbocycles. The number of hydrogen-bond acceptors (Lipinski definition) is 4. The fourth-order valence-electron chi connectivity index (χ4n) is 2.14. The number of nitrogens with zero attached hydrogens (tertiary/aromatic N) is 1. The van der Waals surface area contributed by atoms with Crippen molar-refractivity contribution in [1.29, 1.82) is 0 Å². The Balaban J connectivity index is 1.76. The van der Waals surface area contributed by atoms with Crippen LogP contribution >= 0.6 is 0 Å². The Labute approximate surface area is 117 Å². The summed E-state index contributed by atoms with van der Waals surface area (Å²) in [5.41, 5.74) is 0. The summed E-state index contributed by atoms with van der Waals surface area (Å²) in [6, 6.07) is 8.79. The molecule has 1 aromatic carbocycles. The molecule has 1 fully saturated rings. The lowest BCUT2D eigenvalue weighted by Gasteiger charge is -2.32. The van der Waals surface area contributed by atoms with Gasteiger partial charge in [-0.25, -0.2) is 0 Å². The molecule has 1 aliphatic heterocycles. The predicted molar refractivity (Wildman–Crippen MR) is 72.6 cm³/mol. The molecule has 1 aliphatic rings. The standard InChI is InChI=1S/C14H18N2O4/c17-13-10-16(12(9-15-13)14(18)19)7-4-8-20-11-5-2-1-3-6-11/h1-3,5-6,12H,4,7-10H2,(H,15,17)(H,18,19). The summed E-state index contributed by atoms with van der Waals surface area (Å²) in [7, 11) is 0. The first-order chi connectivity index (χ1) is 9.66. The van der Waals surface area contributed by atoms with E-state index in [1.54, 1.807) is 4.90 Å². The topological polar surface area (TPSA) is 78.9 Å². The Morgan fingerprint density at radius 2 is 2.15 bits per heavy atom. The molecule has 1 amide bonds. The van der Waals surface area contributed by atoms with E-state index in [4.69, 9.17) is 9.84 Å². The van der Waals surface area contributed by atoms with Crippen LogP contribution in [0.25, 0.3) is 0 Å². The first-order valence-electron chi connectivity index (χ1n) is 6.58. The number of hydrogen-bond donors (Lipinski definition) is 2. The summed E-state index contributed by atoms with van der Waals surface area (Å²) in [5.74, 6) is -0.251. The van der Waals surface area contributed by atoms with Crippen molar-refractivity contribution < 1.29 is 19.4 Å². The van der Waals surface area contributed by atoms with Crippen LogP contribution < -0.4 is 10.1 Å². The molecule has 20 heavy (non-hydrogen) atoms. The Morgan fingerprint density at radius 1 is 1.40 bits per heavy atom. The minimum Gasteiger partial charge on any atom is -0.494 e. The van der Waals surface area contributed by atoms with Crippen molar-refractivity contribution in [3.63, 3.8) is 0 Å². The summed E-state index contributed by atoms with van der Waals surface area (Å²) >= 11 is 0. The van der Waals surface area contributed by atoms with Gasteiger partial charge < -0.3 is 15.2 Å². The number of aliphatic carboxylic acids is 1. The maximum Gasteiger partial charge on any atom is 0.322 e. The highest BCUT2D eigenvalue weighted by molar-refractivity contribution is 5.83. The van der Waals surface area contributed by atoms with Crippen molar-refractivity contribution in [2.45, 2.75) is 12.5 Å². The highest BCUT2D eigenvalue weighted by atomic mass is 16.5. The molecule has 2 N–H and O–H groups in total. The molecule has 2 rings (SSSR count). The van der Waals surface area contributed by atoms with Crippen LogP contribution in [0.3, 0.4) is 0 Å². The zero-order valence-electron chi connectivity index (χ0n) is 11.1. The smallest absolute Gasteiger partial charge is 0.322 e. The van der Waals surface area contributed by atoms with Crippen molar-refractivity contribution in [3.05, 3.63) is 30.3 Å². The summed E-state index contributed by atoms with van der Waals surface area (Å²) in [5, 5.41) is 11.7. The number of amides is 1. The second-order valence-electron chi connectivity index (χ2n) is 4.64. The number of nitrogens with one attached hydrogen (secondary N) is 1. The second-order valence-corrected chi connectivity index (χ2v) is 4.64. The summed E-state index contributed by atoms with van der Waals surface area (Å²) in [6.07, 6.45) is 0.673. The van der Waals surface area contributed by atoms with E-state index in [9.17, 15) is 9.59 Å². The van der Waals surface area contributed by atoms with E-state index in [1.165, 1.54) is 0 Å². The van der Waals surface area contributed by atoms with Crippen LogP contribution in [0.4, 0.5) is 0 Å². The van der Waals surface area contributed by atoms with Crippen molar-refractivity contribution in [2.75, 3.05) is 26.2 Å². The molecule has 1 aromatic rings. The Hall–Kier alpha value is -2.08. The van der Waals surface area contributed by atoms with Gasteiger partial charge in [0, 0.05) is 13.1 Å². The first kappa shape index (κ1) is 14.3. The maximum atomic E-state index is 11.3. The van der Waals surface area contributed by atoms with Gasteiger partial charge in [0.15, 0.2) is 0 Å². The number of piperazine rings is 1. The first-order valence-corrected chi connectivity index (χ1v) is 6.58. The van der Waals surface area contributed by atoms with E-state index in [0.717, 1.165) is 5.75 Å². The second kappa shape index (κ2) is 6.91. The molecule has 0 spiro atoms. The number of carboxylic acid groups (broad SMARTS) is 1. The summed E-state index contributed by atoms with van der Waals surface area (Å²) in [6.45, 7) is 1.31. The molecule has 0 bridgehead atoms. The fraction of sp³-hybridized carbons (Fsp3) is 0.429. The van der Waals surface area contributed by atoms with Crippen LogP contribution in [0.15, 0.2) is 30.3 Å². The quantitative estimate of drug-likeness (QED) is 0.734. The van der Waals surface area contributed by atoms with Crippen LogP contribution in [0, 0.1) is 0 Å². The predicted octanol–water partition coefficient (Wildman–Crippen LogP) is 0.341. The molecule has 0 saturated carbocycles. The van der Waals surface area contributed by atoms with Crippen LogP contribution in [0.1, 0.15) is 6.42 Å². The molecule has 0 radical (unpaired) electrons.